The summed E-state index contributed by atoms with van der Waals surface area (Å²) in [6.45, 7) is 4.04. The van der Waals surface area contributed by atoms with Crippen LogP contribution in [-0.4, -0.2) is 30.3 Å². The Labute approximate surface area is 171 Å². The molecule has 0 aliphatic rings. The number of thiazole rings is 1. The number of rotatable bonds is 5. The number of ether oxygens (including phenoxy) is 2. The Hall–Kier alpha value is -3.39. The fourth-order valence-corrected chi connectivity index (χ4v) is 4.13. The second-order valence-corrected chi connectivity index (χ2v) is 7.58. The molecule has 2 heterocycles. The molecule has 148 valence electrons. The van der Waals surface area contributed by atoms with Crippen LogP contribution in [0.2, 0.25) is 0 Å². The highest BCUT2D eigenvalue weighted by Crippen LogP contribution is 2.33. The number of aromatic nitrogens is 2. The second kappa shape index (κ2) is 7.56. The summed E-state index contributed by atoms with van der Waals surface area (Å²) in [5, 5.41) is 7.21. The molecular weight excluding hydrogens is 390 g/mol. The van der Waals surface area contributed by atoms with Crippen LogP contribution >= 0.6 is 11.3 Å². The van der Waals surface area contributed by atoms with Crippen molar-refractivity contribution >= 4 is 32.6 Å². The number of hydrogen-bond acceptors (Lipinski definition) is 7. The van der Waals surface area contributed by atoms with E-state index in [2.05, 4.69) is 27.6 Å². The lowest BCUT2D eigenvalue weighted by molar-refractivity contribution is 0.101. The average Bonchev–Trinajstić information content (AvgIpc) is 3.34. The van der Waals surface area contributed by atoms with Gasteiger partial charge in [0.05, 0.1) is 24.4 Å². The van der Waals surface area contributed by atoms with Crippen molar-refractivity contribution in [3.05, 3.63) is 53.2 Å². The van der Waals surface area contributed by atoms with Crippen molar-refractivity contribution in [2.75, 3.05) is 19.5 Å². The Kier molecular flexibility index (Phi) is 4.94. The molecule has 7 nitrogen and oxygen atoms in total. The number of aryl methyl sites for hydroxylation is 2. The predicted molar refractivity (Wildman–Crippen MR) is 112 cm³/mol. The summed E-state index contributed by atoms with van der Waals surface area (Å²) >= 11 is 1.43. The Balaban J connectivity index is 1.57. The smallest absolute Gasteiger partial charge is 0.279 e. The lowest BCUT2D eigenvalue weighted by Crippen LogP contribution is -2.11. The van der Waals surface area contributed by atoms with Crippen molar-refractivity contribution in [3.63, 3.8) is 0 Å². The maximum atomic E-state index is 12.6. The zero-order valence-corrected chi connectivity index (χ0v) is 17.2. The van der Waals surface area contributed by atoms with Crippen LogP contribution < -0.4 is 14.8 Å². The van der Waals surface area contributed by atoms with Gasteiger partial charge < -0.3 is 14.0 Å². The molecule has 0 aliphatic carbocycles. The molecule has 8 heteroatoms. The van der Waals surface area contributed by atoms with E-state index in [1.165, 1.54) is 11.3 Å². The summed E-state index contributed by atoms with van der Waals surface area (Å²) in [6, 6.07) is 11.0. The number of nitrogens with zero attached hydrogens (tertiary/aromatic N) is 2. The van der Waals surface area contributed by atoms with Crippen LogP contribution in [0.3, 0.4) is 0 Å². The number of methoxy groups -OCH3 is 2. The van der Waals surface area contributed by atoms with Gasteiger partial charge in [-0.15, -0.1) is 0 Å². The largest absolute Gasteiger partial charge is 0.493 e. The Morgan fingerprint density at radius 3 is 2.62 bits per heavy atom. The minimum Gasteiger partial charge on any atom is -0.493 e. The molecule has 1 amide bonds. The summed E-state index contributed by atoms with van der Waals surface area (Å²) in [5.41, 5.74) is 4.02. The molecule has 0 spiro atoms. The monoisotopic (exact) mass is 409 g/mol. The number of amides is 1. The fourth-order valence-electron chi connectivity index (χ4n) is 3.09. The summed E-state index contributed by atoms with van der Waals surface area (Å²) in [5.74, 6) is 1.24. The average molecular weight is 409 g/mol. The van der Waals surface area contributed by atoms with Gasteiger partial charge in [-0.2, -0.15) is 0 Å². The van der Waals surface area contributed by atoms with Crippen molar-refractivity contribution in [1.82, 2.24) is 10.1 Å². The molecule has 0 unspecified atom stereocenters. The van der Waals surface area contributed by atoms with E-state index in [4.69, 9.17) is 14.0 Å². The van der Waals surface area contributed by atoms with Crippen LogP contribution in [0.1, 0.15) is 21.6 Å². The molecule has 0 fully saturated rings. The topological polar surface area (TPSA) is 86.5 Å². The standard InChI is InChI=1S/C21H19N3O4S/c1-11-7-12(2)19-18(8-11)29-21(22-19)23-20(25)14-10-16(28-24-14)13-5-6-15(26-3)17(9-13)27-4/h5-10H,1-4H3,(H,22,23,25). The highest BCUT2D eigenvalue weighted by atomic mass is 32.1. The van der Waals surface area contributed by atoms with Crippen LogP contribution in [0.5, 0.6) is 11.5 Å². The number of benzene rings is 2. The lowest BCUT2D eigenvalue weighted by Gasteiger charge is -2.07. The first-order valence-corrected chi connectivity index (χ1v) is 9.68. The van der Waals surface area contributed by atoms with E-state index in [-0.39, 0.29) is 11.6 Å². The van der Waals surface area contributed by atoms with Crippen LogP contribution in [0.25, 0.3) is 21.5 Å². The highest BCUT2D eigenvalue weighted by Gasteiger charge is 2.17. The third-order valence-corrected chi connectivity index (χ3v) is 5.38. The number of nitrogens with one attached hydrogen (secondary N) is 1. The van der Waals surface area contributed by atoms with Crippen LogP contribution in [0.4, 0.5) is 5.13 Å². The Morgan fingerprint density at radius 1 is 1.07 bits per heavy atom. The third-order valence-electron chi connectivity index (χ3n) is 4.46. The first-order valence-electron chi connectivity index (χ1n) is 8.86. The molecule has 0 saturated heterocycles. The van der Waals surface area contributed by atoms with Gasteiger partial charge >= 0.3 is 0 Å². The van der Waals surface area contributed by atoms with E-state index in [1.807, 2.05) is 19.9 Å². The zero-order valence-electron chi connectivity index (χ0n) is 16.4. The van der Waals surface area contributed by atoms with E-state index in [1.54, 1.807) is 32.4 Å². The Bertz CT molecular complexity index is 1210. The highest BCUT2D eigenvalue weighted by molar-refractivity contribution is 7.22. The van der Waals surface area contributed by atoms with Crippen molar-refractivity contribution in [3.8, 4) is 22.8 Å². The fraction of sp³-hybridized carbons (Fsp3) is 0.190. The van der Waals surface area contributed by atoms with Crippen LogP contribution in [0.15, 0.2) is 40.9 Å². The van der Waals surface area contributed by atoms with Gasteiger partial charge in [0.2, 0.25) is 0 Å². The second-order valence-electron chi connectivity index (χ2n) is 6.55. The molecule has 1 N–H and O–H groups in total. The van der Waals surface area contributed by atoms with Gasteiger partial charge in [-0.05, 0) is 49.2 Å². The zero-order chi connectivity index (χ0) is 20.5. The van der Waals surface area contributed by atoms with E-state index in [0.29, 0.717) is 22.4 Å². The van der Waals surface area contributed by atoms with Gasteiger partial charge in [-0.25, -0.2) is 4.98 Å². The van der Waals surface area contributed by atoms with E-state index in [0.717, 1.165) is 26.9 Å². The summed E-state index contributed by atoms with van der Waals surface area (Å²) in [4.78, 5) is 17.1. The molecule has 0 aliphatic heterocycles. The van der Waals surface area contributed by atoms with Crippen molar-refractivity contribution in [2.45, 2.75) is 13.8 Å². The molecular formula is C21H19N3O4S. The lowest BCUT2D eigenvalue weighted by atomic mass is 10.1. The molecule has 29 heavy (non-hydrogen) atoms. The number of fused-ring (bicyclic) bond motifs is 1. The maximum Gasteiger partial charge on any atom is 0.279 e. The van der Waals surface area contributed by atoms with Gasteiger partial charge in [0.1, 0.15) is 0 Å². The van der Waals surface area contributed by atoms with Gasteiger partial charge in [0, 0.05) is 11.6 Å². The van der Waals surface area contributed by atoms with E-state index < -0.39 is 0 Å². The number of hydrogen-bond donors (Lipinski definition) is 1. The molecule has 0 saturated carbocycles. The van der Waals surface area contributed by atoms with Gasteiger partial charge in [0.25, 0.3) is 5.91 Å². The summed E-state index contributed by atoms with van der Waals surface area (Å²) < 4.78 is 16.9. The molecule has 2 aromatic carbocycles. The minimum atomic E-state index is -0.381. The maximum absolute atomic E-state index is 12.6. The van der Waals surface area contributed by atoms with Crippen molar-refractivity contribution in [1.29, 1.82) is 0 Å². The van der Waals surface area contributed by atoms with Crippen LogP contribution in [-0.2, 0) is 0 Å². The van der Waals surface area contributed by atoms with Crippen LogP contribution in [0, 0.1) is 13.8 Å². The molecule has 0 atom stereocenters. The van der Waals surface area contributed by atoms with Gasteiger partial charge in [-0.3, -0.25) is 10.1 Å². The normalized spacial score (nSPS) is 10.9. The summed E-state index contributed by atoms with van der Waals surface area (Å²) in [7, 11) is 3.13. The van der Waals surface area contributed by atoms with Gasteiger partial charge in [-0.1, -0.05) is 22.6 Å². The molecule has 0 radical (unpaired) electrons. The molecule has 2 aromatic heterocycles. The predicted octanol–water partition coefficient (Wildman–Crippen LogP) is 4.84. The summed E-state index contributed by atoms with van der Waals surface area (Å²) in [6.07, 6.45) is 0. The van der Waals surface area contributed by atoms with E-state index >= 15 is 0 Å². The minimum absolute atomic E-state index is 0.168. The molecule has 4 aromatic rings. The quantitative estimate of drug-likeness (QED) is 0.508. The van der Waals surface area contributed by atoms with E-state index in [9.17, 15) is 4.79 Å². The number of carbonyl (C=O) groups excluding carboxylic acids is 1. The van der Waals surface area contributed by atoms with Crippen molar-refractivity contribution < 1.29 is 18.8 Å². The molecule has 4 rings (SSSR count). The van der Waals surface area contributed by atoms with Gasteiger partial charge in [0.15, 0.2) is 28.1 Å². The first kappa shape index (κ1) is 18.9. The third kappa shape index (κ3) is 3.66. The molecule has 0 bridgehead atoms. The van der Waals surface area contributed by atoms with Crippen molar-refractivity contribution in [2.24, 2.45) is 0 Å². The Morgan fingerprint density at radius 2 is 1.86 bits per heavy atom. The SMILES string of the molecule is COc1ccc(-c2cc(C(=O)Nc3nc4c(C)cc(C)cc4s3)no2)cc1OC. The number of anilines is 1. The first-order chi connectivity index (χ1) is 14.0. The number of carbonyl (C=O) groups is 1.